The molecule has 224 valence electrons. The zero-order valence-electron chi connectivity index (χ0n) is 22.9. The van der Waals surface area contributed by atoms with Crippen molar-refractivity contribution in [3.8, 4) is 0 Å². The van der Waals surface area contributed by atoms with Gasteiger partial charge in [-0.15, -0.1) is 22.7 Å². The molecule has 0 spiro atoms. The number of carbonyl (C=O) groups is 4. The molecule has 8 nitrogen and oxygen atoms in total. The van der Waals surface area contributed by atoms with Gasteiger partial charge in [0.15, 0.2) is 8.68 Å². The van der Waals surface area contributed by atoms with Crippen LogP contribution in [0, 0.1) is 0 Å². The third-order valence-electron chi connectivity index (χ3n) is 7.35. The molecule has 0 N–H and O–H groups in total. The van der Waals surface area contributed by atoms with Crippen LogP contribution in [0.3, 0.4) is 0 Å². The van der Waals surface area contributed by atoms with Gasteiger partial charge in [0.1, 0.15) is 20.6 Å². The van der Waals surface area contributed by atoms with Gasteiger partial charge in [-0.2, -0.15) is 0 Å². The Morgan fingerprint density at radius 1 is 0.705 bits per heavy atom. The molecule has 0 aliphatic carbocycles. The second-order valence-corrected chi connectivity index (χ2v) is 18.4. The van der Waals surface area contributed by atoms with Crippen LogP contribution in [0.4, 0.5) is 11.4 Å². The summed E-state index contributed by atoms with van der Waals surface area (Å²) in [7, 11) is 0. The predicted molar refractivity (Wildman–Crippen MR) is 182 cm³/mol. The number of hydrogen-bond acceptors (Lipinski definition) is 11. The van der Waals surface area contributed by atoms with Crippen molar-refractivity contribution < 1.29 is 19.2 Å². The Balaban J connectivity index is 1.07. The lowest BCUT2D eigenvalue weighted by Gasteiger charge is -2.26. The Bertz CT molecular complexity index is 1730. The predicted octanol–water partition coefficient (Wildman–Crippen LogP) is 7.76. The van der Waals surface area contributed by atoms with Gasteiger partial charge in [0, 0.05) is 27.2 Å². The average Bonchev–Trinajstić information content (AvgIpc) is 3.71. The Morgan fingerprint density at radius 3 is 1.48 bits per heavy atom. The SMILES string of the molecule is CC1(C)c2sc(SC3CC(=O)N(c4ccc(Br)cc4)C3=O)nc2Sc2nc(SC3CC(=O)N(c4ccc(Br)cc4)C3=O)sc21. The molecule has 2 unspecified atom stereocenters. The van der Waals surface area contributed by atoms with Gasteiger partial charge < -0.3 is 0 Å². The topological polar surface area (TPSA) is 101 Å². The molecule has 5 heterocycles. The molecule has 2 aromatic heterocycles. The number of thiazole rings is 2. The fourth-order valence-corrected chi connectivity index (χ4v) is 12.5. The zero-order chi connectivity index (χ0) is 30.9. The zero-order valence-corrected chi connectivity index (χ0v) is 30.2. The lowest BCUT2D eigenvalue weighted by molar-refractivity contribution is -0.122. The molecule has 15 heteroatoms. The van der Waals surface area contributed by atoms with Gasteiger partial charge in [0.25, 0.3) is 0 Å². The number of benzene rings is 2. The van der Waals surface area contributed by atoms with Crippen molar-refractivity contribution in [1.29, 1.82) is 0 Å². The maximum Gasteiger partial charge on any atom is 0.247 e. The molecule has 0 radical (unpaired) electrons. The Labute approximate surface area is 290 Å². The molecule has 3 aliphatic rings. The van der Waals surface area contributed by atoms with Crippen molar-refractivity contribution in [2.24, 2.45) is 0 Å². The Morgan fingerprint density at radius 2 is 1.09 bits per heavy atom. The van der Waals surface area contributed by atoms with Crippen molar-refractivity contribution in [2.75, 3.05) is 9.80 Å². The summed E-state index contributed by atoms with van der Waals surface area (Å²) in [6, 6.07) is 14.3. The van der Waals surface area contributed by atoms with E-state index in [-0.39, 0.29) is 41.9 Å². The first-order valence-electron chi connectivity index (χ1n) is 13.3. The summed E-state index contributed by atoms with van der Waals surface area (Å²) >= 11 is 14.0. The number of thioether (sulfide) groups is 2. The third kappa shape index (κ3) is 5.41. The summed E-state index contributed by atoms with van der Waals surface area (Å²) in [4.78, 5) is 66.4. The number of nitrogens with zero attached hydrogens (tertiary/aromatic N) is 4. The van der Waals surface area contributed by atoms with E-state index < -0.39 is 10.5 Å². The van der Waals surface area contributed by atoms with Crippen LogP contribution in [0.25, 0.3) is 0 Å². The minimum atomic E-state index is -0.536. The third-order valence-corrected chi connectivity index (χ3v) is 15.0. The second kappa shape index (κ2) is 11.7. The highest BCUT2D eigenvalue weighted by molar-refractivity contribution is 9.10. The highest BCUT2D eigenvalue weighted by Gasteiger charge is 2.45. The number of halogens is 2. The quantitative estimate of drug-likeness (QED) is 0.181. The fraction of sp³-hybridized carbons (Fsp3) is 0.241. The average molecular weight is 809 g/mol. The number of hydrogen-bond donors (Lipinski definition) is 0. The summed E-state index contributed by atoms with van der Waals surface area (Å²) in [5.41, 5.74) is 0.742. The summed E-state index contributed by atoms with van der Waals surface area (Å²) in [5, 5.41) is 0.607. The van der Waals surface area contributed by atoms with Crippen molar-refractivity contribution >= 4 is 125 Å². The van der Waals surface area contributed by atoms with Crippen molar-refractivity contribution in [2.45, 2.75) is 61.3 Å². The summed E-state index contributed by atoms with van der Waals surface area (Å²) in [5.74, 6) is -0.902. The van der Waals surface area contributed by atoms with Gasteiger partial charge in [-0.1, -0.05) is 55.4 Å². The summed E-state index contributed by atoms with van der Waals surface area (Å²) < 4.78 is 3.23. The first kappa shape index (κ1) is 30.6. The van der Waals surface area contributed by atoms with E-state index >= 15 is 0 Å². The van der Waals surface area contributed by atoms with E-state index in [0.717, 1.165) is 37.4 Å². The van der Waals surface area contributed by atoms with Crippen molar-refractivity contribution in [3.63, 3.8) is 0 Å². The summed E-state index contributed by atoms with van der Waals surface area (Å²) in [6.45, 7) is 4.26. The van der Waals surface area contributed by atoms with Gasteiger partial charge >= 0.3 is 0 Å². The van der Waals surface area contributed by atoms with Gasteiger partial charge in [-0.05, 0) is 74.1 Å². The smallest absolute Gasteiger partial charge is 0.247 e. The molecule has 4 aromatic rings. The van der Waals surface area contributed by atoms with Crippen LogP contribution in [0.2, 0.25) is 0 Å². The van der Waals surface area contributed by atoms with Gasteiger partial charge in [0.05, 0.1) is 21.1 Å². The molecule has 0 saturated carbocycles. The van der Waals surface area contributed by atoms with Crippen LogP contribution < -0.4 is 9.80 Å². The number of fused-ring (bicyclic) bond motifs is 2. The molecular weight excluding hydrogens is 788 g/mol. The van der Waals surface area contributed by atoms with Crippen LogP contribution in [-0.2, 0) is 24.6 Å². The molecular formula is C29H20Br2N4O4S5. The lowest BCUT2D eigenvalue weighted by Crippen LogP contribution is -2.31. The van der Waals surface area contributed by atoms with E-state index in [4.69, 9.17) is 9.97 Å². The molecule has 2 saturated heterocycles. The molecule has 0 bridgehead atoms. The van der Waals surface area contributed by atoms with Crippen molar-refractivity contribution in [3.05, 3.63) is 67.2 Å². The molecule has 4 amide bonds. The second-order valence-electron chi connectivity index (χ2n) is 10.7. The lowest BCUT2D eigenvalue weighted by atomic mass is 9.90. The van der Waals surface area contributed by atoms with E-state index in [1.54, 1.807) is 46.9 Å². The Kier molecular flexibility index (Phi) is 8.12. The summed E-state index contributed by atoms with van der Waals surface area (Å²) in [6.07, 6.45) is 0.245. The number of rotatable bonds is 6. The van der Waals surface area contributed by atoms with Crippen LogP contribution in [0.15, 0.2) is 76.2 Å². The maximum absolute atomic E-state index is 13.2. The highest BCUT2D eigenvalue weighted by atomic mass is 79.9. The molecule has 7 rings (SSSR count). The van der Waals surface area contributed by atoms with E-state index in [2.05, 4.69) is 45.7 Å². The number of anilines is 2. The minimum Gasteiger partial charge on any atom is -0.274 e. The molecule has 2 atom stereocenters. The molecule has 2 aromatic carbocycles. The first-order valence-corrected chi connectivity index (χ1v) is 19.1. The largest absolute Gasteiger partial charge is 0.274 e. The molecule has 2 fully saturated rings. The number of amides is 4. The van der Waals surface area contributed by atoms with E-state index in [0.29, 0.717) is 11.4 Å². The normalized spacial score (nSPS) is 20.9. The van der Waals surface area contributed by atoms with Gasteiger partial charge in [-0.3, -0.25) is 19.2 Å². The Hall–Kier alpha value is -2.01. The van der Waals surface area contributed by atoms with Crippen LogP contribution in [-0.4, -0.2) is 44.1 Å². The van der Waals surface area contributed by atoms with Crippen LogP contribution in [0.5, 0.6) is 0 Å². The monoisotopic (exact) mass is 806 g/mol. The fourth-order valence-electron chi connectivity index (χ4n) is 5.16. The number of aromatic nitrogens is 2. The first-order chi connectivity index (χ1) is 21.0. The minimum absolute atomic E-state index is 0.122. The van der Waals surface area contributed by atoms with Crippen molar-refractivity contribution in [1.82, 2.24) is 9.97 Å². The molecule has 3 aliphatic heterocycles. The number of imide groups is 2. The standard InChI is InChI=1S/C29H20Br2N4O4S5/c1-29(2)21-23(32-27(42-21)40-17-11-19(36)34(25(17)38)15-7-3-13(30)4-8-15)44-24-22(29)43-28(33-24)41-18-12-20(37)35(26(18)39)16-9-5-14(31)6-10-16/h3-10,17-18H,11-12H2,1-2H3. The maximum atomic E-state index is 13.2. The van der Waals surface area contributed by atoms with Gasteiger partial charge in [-0.25, -0.2) is 19.8 Å². The number of carbonyl (C=O) groups excluding carboxylic acids is 4. The van der Waals surface area contributed by atoms with Crippen LogP contribution in [0.1, 0.15) is 36.4 Å². The van der Waals surface area contributed by atoms with E-state index in [9.17, 15) is 19.2 Å². The van der Waals surface area contributed by atoms with Crippen LogP contribution >= 0.6 is 89.8 Å². The van der Waals surface area contributed by atoms with E-state index in [1.807, 2.05) is 24.3 Å². The highest BCUT2D eigenvalue weighted by Crippen LogP contribution is 2.55. The van der Waals surface area contributed by atoms with Gasteiger partial charge in [0.2, 0.25) is 23.6 Å². The van der Waals surface area contributed by atoms with E-state index in [1.165, 1.54) is 45.1 Å². The molecule has 44 heavy (non-hydrogen) atoms.